The van der Waals surface area contributed by atoms with Crippen LogP contribution in [0.2, 0.25) is 5.02 Å². The van der Waals surface area contributed by atoms with Crippen LogP contribution in [0.25, 0.3) is 0 Å². The number of amides is 1. The van der Waals surface area contributed by atoms with Gasteiger partial charge in [0.1, 0.15) is 5.75 Å². The molecule has 31 heavy (non-hydrogen) atoms. The lowest BCUT2D eigenvalue weighted by Crippen LogP contribution is -2.43. The van der Waals surface area contributed by atoms with Crippen LogP contribution in [0, 0.1) is 5.92 Å². The second-order valence-corrected chi connectivity index (χ2v) is 9.37. The van der Waals surface area contributed by atoms with Gasteiger partial charge in [0.05, 0.1) is 41.3 Å². The zero-order valence-corrected chi connectivity index (χ0v) is 18.7. The number of esters is 1. The summed E-state index contributed by atoms with van der Waals surface area (Å²) in [5.74, 6) is -1.12. The minimum atomic E-state index is -3.84. The van der Waals surface area contributed by atoms with E-state index in [1.165, 1.54) is 36.7 Å². The standard InChI is InChI=1S/C21H23ClN2O6S/c1-29-19-10-9-15(12-17(19)22)31(27,28)24-11-5-6-14(13-24)20(25)23-18-8-4-3-7-16(18)21(26)30-2/h3-4,7-10,12,14H,5-6,11,13H2,1-2H3,(H,23,25)/t14-/m0/s1. The molecule has 0 aliphatic carbocycles. The highest BCUT2D eigenvalue weighted by Crippen LogP contribution is 2.30. The van der Waals surface area contributed by atoms with Gasteiger partial charge in [0.15, 0.2) is 0 Å². The van der Waals surface area contributed by atoms with Gasteiger partial charge >= 0.3 is 5.97 Å². The van der Waals surface area contributed by atoms with Crippen molar-refractivity contribution in [3.8, 4) is 5.75 Å². The lowest BCUT2D eigenvalue weighted by molar-refractivity contribution is -0.120. The van der Waals surface area contributed by atoms with Gasteiger partial charge in [0, 0.05) is 13.1 Å². The molecule has 2 aromatic carbocycles. The van der Waals surface area contributed by atoms with Crippen LogP contribution in [-0.2, 0) is 19.6 Å². The number of para-hydroxylation sites is 1. The van der Waals surface area contributed by atoms with Crippen LogP contribution in [0.5, 0.6) is 5.75 Å². The molecule has 10 heteroatoms. The van der Waals surface area contributed by atoms with Crippen molar-refractivity contribution in [1.29, 1.82) is 0 Å². The maximum Gasteiger partial charge on any atom is 0.339 e. The molecule has 1 fully saturated rings. The Bertz CT molecular complexity index is 1090. The van der Waals surface area contributed by atoms with Gasteiger partial charge in [-0.3, -0.25) is 4.79 Å². The Labute approximate surface area is 186 Å². The van der Waals surface area contributed by atoms with E-state index in [-0.39, 0.29) is 27.9 Å². The summed E-state index contributed by atoms with van der Waals surface area (Å²) in [6.07, 6.45) is 1.06. The molecule has 1 atom stereocenters. The van der Waals surface area contributed by atoms with Crippen molar-refractivity contribution in [3.63, 3.8) is 0 Å². The second kappa shape index (κ2) is 9.67. The van der Waals surface area contributed by atoms with E-state index < -0.39 is 21.9 Å². The lowest BCUT2D eigenvalue weighted by atomic mass is 9.98. The maximum absolute atomic E-state index is 13.1. The zero-order valence-electron chi connectivity index (χ0n) is 17.1. The van der Waals surface area contributed by atoms with E-state index in [0.29, 0.717) is 30.8 Å². The lowest BCUT2D eigenvalue weighted by Gasteiger charge is -2.31. The van der Waals surface area contributed by atoms with Crippen LogP contribution in [0.4, 0.5) is 5.69 Å². The van der Waals surface area contributed by atoms with Crippen LogP contribution in [0.15, 0.2) is 47.4 Å². The largest absolute Gasteiger partial charge is 0.495 e. The Morgan fingerprint density at radius 3 is 2.58 bits per heavy atom. The Kier molecular flexibility index (Phi) is 7.19. The molecule has 1 saturated heterocycles. The molecular formula is C21H23ClN2O6S. The van der Waals surface area contributed by atoms with Gasteiger partial charge in [-0.1, -0.05) is 23.7 Å². The van der Waals surface area contributed by atoms with Crippen molar-refractivity contribution in [3.05, 3.63) is 53.1 Å². The van der Waals surface area contributed by atoms with Crippen molar-refractivity contribution in [2.45, 2.75) is 17.7 Å². The Morgan fingerprint density at radius 2 is 1.90 bits per heavy atom. The van der Waals surface area contributed by atoms with E-state index in [1.54, 1.807) is 24.3 Å². The monoisotopic (exact) mass is 466 g/mol. The van der Waals surface area contributed by atoms with Crippen molar-refractivity contribution < 1.29 is 27.5 Å². The number of benzene rings is 2. The predicted octanol–water partition coefficient (Wildman–Crippen LogP) is 3.17. The van der Waals surface area contributed by atoms with E-state index >= 15 is 0 Å². The number of piperidine rings is 1. The summed E-state index contributed by atoms with van der Waals surface area (Å²) in [4.78, 5) is 24.8. The summed E-state index contributed by atoms with van der Waals surface area (Å²) >= 11 is 6.09. The molecule has 1 N–H and O–H groups in total. The fourth-order valence-corrected chi connectivity index (χ4v) is 5.32. The summed E-state index contributed by atoms with van der Waals surface area (Å²) in [5, 5.41) is 2.92. The molecule has 0 unspecified atom stereocenters. The molecule has 0 saturated carbocycles. The number of methoxy groups -OCH3 is 2. The zero-order chi connectivity index (χ0) is 22.6. The highest BCUT2D eigenvalue weighted by molar-refractivity contribution is 7.89. The van der Waals surface area contributed by atoms with Gasteiger partial charge < -0.3 is 14.8 Å². The fraction of sp³-hybridized carbons (Fsp3) is 0.333. The average molecular weight is 467 g/mol. The summed E-state index contributed by atoms with van der Waals surface area (Å²) in [6, 6.07) is 10.8. The summed E-state index contributed by atoms with van der Waals surface area (Å²) in [5.41, 5.74) is 0.549. The first kappa shape index (κ1) is 23.1. The molecule has 0 radical (unpaired) electrons. The Hall–Kier alpha value is -2.62. The van der Waals surface area contributed by atoms with Crippen LogP contribution >= 0.6 is 11.6 Å². The van der Waals surface area contributed by atoms with Gasteiger partial charge in [0.2, 0.25) is 15.9 Å². The molecule has 0 bridgehead atoms. The molecule has 1 aliphatic rings. The first-order chi connectivity index (χ1) is 14.8. The second-order valence-electron chi connectivity index (χ2n) is 7.02. The van der Waals surface area contributed by atoms with Crippen LogP contribution < -0.4 is 10.1 Å². The van der Waals surface area contributed by atoms with Crippen LogP contribution in [-0.4, -0.2) is 51.9 Å². The molecular weight excluding hydrogens is 444 g/mol. The van der Waals surface area contributed by atoms with Crippen molar-refractivity contribution in [1.82, 2.24) is 4.31 Å². The summed E-state index contributed by atoms with van der Waals surface area (Å²) in [6.45, 7) is 0.326. The average Bonchev–Trinajstić information content (AvgIpc) is 2.78. The van der Waals surface area contributed by atoms with Gasteiger partial charge in [-0.25, -0.2) is 13.2 Å². The third-order valence-corrected chi connectivity index (χ3v) is 7.26. The molecule has 1 heterocycles. The normalized spacial score (nSPS) is 17.1. The molecule has 1 amide bonds. The topological polar surface area (TPSA) is 102 Å². The quantitative estimate of drug-likeness (QED) is 0.656. The number of nitrogens with one attached hydrogen (secondary N) is 1. The molecule has 0 aromatic heterocycles. The van der Waals surface area contributed by atoms with Crippen LogP contribution in [0.1, 0.15) is 23.2 Å². The van der Waals surface area contributed by atoms with E-state index in [2.05, 4.69) is 5.32 Å². The highest BCUT2D eigenvalue weighted by atomic mass is 35.5. The first-order valence-corrected chi connectivity index (χ1v) is 11.4. The van der Waals surface area contributed by atoms with Gasteiger partial charge in [0.25, 0.3) is 0 Å². The first-order valence-electron chi connectivity index (χ1n) is 9.60. The number of carbonyl (C=O) groups excluding carboxylic acids is 2. The Balaban J connectivity index is 1.77. The molecule has 3 rings (SSSR count). The summed E-state index contributed by atoms with van der Waals surface area (Å²) < 4.78 is 37.3. The number of carbonyl (C=O) groups is 2. The minimum Gasteiger partial charge on any atom is -0.495 e. The highest BCUT2D eigenvalue weighted by Gasteiger charge is 2.34. The van der Waals surface area contributed by atoms with E-state index in [0.717, 1.165) is 0 Å². The van der Waals surface area contributed by atoms with Gasteiger partial charge in [-0.15, -0.1) is 0 Å². The predicted molar refractivity (Wildman–Crippen MR) is 116 cm³/mol. The number of halogens is 1. The maximum atomic E-state index is 13.1. The summed E-state index contributed by atoms with van der Waals surface area (Å²) in [7, 11) is -1.13. The number of nitrogens with zero attached hydrogens (tertiary/aromatic N) is 1. The third kappa shape index (κ3) is 5.00. The number of anilines is 1. The van der Waals surface area contributed by atoms with E-state index in [4.69, 9.17) is 21.1 Å². The van der Waals surface area contributed by atoms with Crippen LogP contribution in [0.3, 0.4) is 0 Å². The number of ether oxygens (including phenoxy) is 2. The smallest absolute Gasteiger partial charge is 0.339 e. The number of sulfonamides is 1. The van der Waals surface area contributed by atoms with Gasteiger partial charge in [-0.05, 0) is 43.2 Å². The molecule has 8 nitrogen and oxygen atoms in total. The Morgan fingerprint density at radius 1 is 1.16 bits per heavy atom. The van der Waals surface area contributed by atoms with Crippen molar-refractivity contribution in [2.24, 2.45) is 5.92 Å². The molecule has 166 valence electrons. The minimum absolute atomic E-state index is 0.0260. The van der Waals surface area contributed by atoms with Crippen molar-refractivity contribution in [2.75, 3.05) is 32.6 Å². The van der Waals surface area contributed by atoms with E-state index in [1.807, 2.05) is 0 Å². The van der Waals surface area contributed by atoms with Crippen molar-refractivity contribution >= 4 is 39.2 Å². The molecule has 2 aromatic rings. The molecule has 0 spiro atoms. The third-order valence-electron chi connectivity index (χ3n) is 5.11. The fourth-order valence-electron chi connectivity index (χ4n) is 3.45. The van der Waals surface area contributed by atoms with E-state index in [9.17, 15) is 18.0 Å². The number of rotatable bonds is 6. The number of hydrogen-bond donors (Lipinski definition) is 1. The molecule has 1 aliphatic heterocycles. The van der Waals surface area contributed by atoms with Gasteiger partial charge in [-0.2, -0.15) is 4.31 Å². The SMILES string of the molecule is COC(=O)c1ccccc1NC(=O)[C@H]1CCCN(S(=O)(=O)c2ccc(OC)c(Cl)c2)C1. The number of hydrogen-bond acceptors (Lipinski definition) is 6.